The highest BCUT2D eigenvalue weighted by Crippen LogP contribution is 2.16. The van der Waals surface area contributed by atoms with Gasteiger partial charge in [0.25, 0.3) is 6.47 Å². The molecule has 126 valence electrons. The Bertz CT molecular complexity index is 513. The first kappa shape index (κ1) is 20.4. The Kier molecular flexibility index (Phi) is 11.6. The molecule has 1 amide bonds. The summed E-state index contributed by atoms with van der Waals surface area (Å²) in [6, 6.07) is 6.77. The number of nitrogens with one attached hydrogen (secondary N) is 1. The van der Waals surface area contributed by atoms with Crippen molar-refractivity contribution in [1.29, 1.82) is 0 Å². The molecule has 0 unspecified atom stereocenters. The lowest BCUT2D eigenvalue weighted by Crippen LogP contribution is -2.14. The second-order valence-electron chi connectivity index (χ2n) is 4.54. The Morgan fingerprint density at radius 2 is 1.91 bits per heavy atom. The second kappa shape index (κ2) is 13.1. The summed E-state index contributed by atoms with van der Waals surface area (Å²) in [5, 5.41) is 9.48. The number of benzene rings is 1. The molecule has 0 atom stereocenters. The Morgan fingerprint density at radius 1 is 1.26 bits per heavy atom. The van der Waals surface area contributed by atoms with Crippen molar-refractivity contribution in [2.75, 3.05) is 11.9 Å². The van der Waals surface area contributed by atoms with Gasteiger partial charge in [-0.25, -0.2) is 4.79 Å². The van der Waals surface area contributed by atoms with E-state index in [0.717, 1.165) is 31.8 Å². The minimum Gasteiger partial charge on any atom is -0.483 e. The van der Waals surface area contributed by atoms with Gasteiger partial charge in [-0.05, 0) is 24.6 Å². The molecule has 6 heteroatoms. The highest BCUT2D eigenvalue weighted by atomic mass is 16.5. The predicted octanol–water partition coefficient (Wildman–Crippen LogP) is 3.25. The highest BCUT2D eigenvalue weighted by molar-refractivity contribution is 6.04. The van der Waals surface area contributed by atoms with E-state index in [1.165, 1.54) is 0 Å². The van der Waals surface area contributed by atoms with Crippen LogP contribution in [0.4, 0.5) is 5.69 Å². The number of para-hydroxylation sites is 1. The molecule has 1 aromatic rings. The molecule has 23 heavy (non-hydrogen) atoms. The molecule has 0 aliphatic rings. The lowest BCUT2D eigenvalue weighted by molar-refractivity contribution is -0.122. The first-order valence-electron chi connectivity index (χ1n) is 7.38. The zero-order chi connectivity index (χ0) is 17.5. The van der Waals surface area contributed by atoms with Gasteiger partial charge in [0.2, 0.25) is 5.91 Å². The molecule has 0 bridgehead atoms. The minimum atomic E-state index is -0.415. The van der Waals surface area contributed by atoms with Crippen molar-refractivity contribution in [3.8, 4) is 0 Å². The number of anilines is 1. The maximum absolute atomic E-state index is 12.0. The monoisotopic (exact) mass is 321 g/mol. The van der Waals surface area contributed by atoms with Crippen molar-refractivity contribution < 1.29 is 24.2 Å². The van der Waals surface area contributed by atoms with Crippen LogP contribution in [0.15, 0.2) is 36.9 Å². The van der Waals surface area contributed by atoms with Crippen molar-refractivity contribution in [2.24, 2.45) is 0 Å². The summed E-state index contributed by atoms with van der Waals surface area (Å²) in [4.78, 5) is 31.6. The van der Waals surface area contributed by atoms with E-state index in [1.54, 1.807) is 24.3 Å². The maximum Gasteiger partial charge on any atom is 0.340 e. The van der Waals surface area contributed by atoms with Gasteiger partial charge in [0.15, 0.2) is 0 Å². The SMILES string of the molecule is C=CC(=O)Nc1ccccc1C(=O)OCCCCCC.O=CO. The van der Waals surface area contributed by atoms with Crippen molar-refractivity contribution in [3.05, 3.63) is 42.5 Å². The number of amides is 1. The molecule has 0 aromatic heterocycles. The van der Waals surface area contributed by atoms with Gasteiger partial charge < -0.3 is 15.2 Å². The standard InChI is InChI=1S/C16H21NO3.CH2O2/c1-3-5-6-9-12-20-16(19)13-10-7-8-11-14(13)17-15(18)4-2;2-1-3/h4,7-8,10-11H,2-3,5-6,9,12H2,1H3,(H,17,18);1H,(H,2,3). The highest BCUT2D eigenvalue weighted by Gasteiger charge is 2.13. The number of carbonyl (C=O) groups is 3. The van der Waals surface area contributed by atoms with E-state index >= 15 is 0 Å². The average molecular weight is 321 g/mol. The first-order chi connectivity index (χ1) is 11.1. The molecule has 0 aliphatic heterocycles. The summed E-state index contributed by atoms with van der Waals surface area (Å²) in [5.74, 6) is -0.769. The summed E-state index contributed by atoms with van der Waals surface area (Å²) in [5.41, 5.74) is 0.800. The summed E-state index contributed by atoms with van der Waals surface area (Å²) < 4.78 is 5.21. The quantitative estimate of drug-likeness (QED) is 0.332. The summed E-state index contributed by atoms with van der Waals surface area (Å²) in [6.45, 7) is 5.67. The molecule has 0 saturated heterocycles. The first-order valence-corrected chi connectivity index (χ1v) is 7.38. The van der Waals surface area contributed by atoms with Gasteiger partial charge >= 0.3 is 5.97 Å². The molecule has 6 nitrogen and oxygen atoms in total. The van der Waals surface area contributed by atoms with E-state index in [-0.39, 0.29) is 12.4 Å². The van der Waals surface area contributed by atoms with Crippen LogP contribution in [-0.4, -0.2) is 30.1 Å². The number of carbonyl (C=O) groups excluding carboxylic acids is 2. The number of carboxylic acid groups (broad SMARTS) is 1. The summed E-state index contributed by atoms with van der Waals surface area (Å²) >= 11 is 0. The molecule has 1 rings (SSSR count). The predicted molar refractivity (Wildman–Crippen MR) is 88.4 cm³/mol. The smallest absolute Gasteiger partial charge is 0.340 e. The third-order valence-electron chi connectivity index (χ3n) is 2.82. The fourth-order valence-corrected chi connectivity index (χ4v) is 1.73. The second-order valence-corrected chi connectivity index (χ2v) is 4.54. The third-order valence-corrected chi connectivity index (χ3v) is 2.82. The van der Waals surface area contributed by atoms with Gasteiger partial charge in [0.1, 0.15) is 0 Å². The zero-order valence-electron chi connectivity index (χ0n) is 13.3. The molecule has 0 aliphatic carbocycles. The molecule has 2 N–H and O–H groups in total. The normalized spacial score (nSPS) is 9.09. The molecule has 0 heterocycles. The van der Waals surface area contributed by atoms with Crippen molar-refractivity contribution in [3.63, 3.8) is 0 Å². The van der Waals surface area contributed by atoms with Gasteiger partial charge in [-0.3, -0.25) is 9.59 Å². The molecule has 0 spiro atoms. The van der Waals surface area contributed by atoms with E-state index in [2.05, 4.69) is 18.8 Å². The van der Waals surface area contributed by atoms with Crippen LogP contribution in [-0.2, 0) is 14.3 Å². The van der Waals surface area contributed by atoms with E-state index in [4.69, 9.17) is 14.6 Å². The summed E-state index contributed by atoms with van der Waals surface area (Å²) in [6.07, 6.45) is 5.36. The van der Waals surface area contributed by atoms with Crippen LogP contribution in [0.3, 0.4) is 0 Å². The third kappa shape index (κ3) is 9.08. The maximum atomic E-state index is 12.0. The van der Waals surface area contributed by atoms with Gasteiger partial charge in [-0.2, -0.15) is 0 Å². The average Bonchev–Trinajstić information content (AvgIpc) is 2.55. The van der Waals surface area contributed by atoms with Crippen molar-refractivity contribution >= 4 is 24.0 Å². The zero-order valence-corrected chi connectivity index (χ0v) is 13.3. The summed E-state index contributed by atoms with van der Waals surface area (Å²) in [7, 11) is 0. The van der Waals surface area contributed by atoms with E-state index < -0.39 is 5.97 Å². The molecule has 0 radical (unpaired) electrons. The van der Waals surface area contributed by atoms with E-state index in [9.17, 15) is 9.59 Å². The van der Waals surface area contributed by atoms with Crippen LogP contribution in [0.5, 0.6) is 0 Å². The fraction of sp³-hybridized carbons (Fsp3) is 0.353. The molecule has 0 saturated carbocycles. The largest absolute Gasteiger partial charge is 0.483 e. The molecule has 1 aromatic carbocycles. The van der Waals surface area contributed by atoms with Crippen molar-refractivity contribution in [1.82, 2.24) is 0 Å². The molecular weight excluding hydrogens is 298 g/mol. The fourth-order valence-electron chi connectivity index (χ4n) is 1.73. The van der Waals surface area contributed by atoms with Gasteiger partial charge in [0.05, 0.1) is 17.9 Å². The van der Waals surface area contributed by atoms with E-state index in [1.807, 2.05) is 0 Å². The number of hydrogen-bond donors (Lipinski definition) is 2. The van der Waals surface area contributed by atoms with Crippen LogP contribution >= 0.6 is 0 Å². The van der Waals surface area contributed by atoms with Gasteiger partial charge in [-0.1, -0.05) is 44.9 Å². The topological polar surface area (TPSA) is 92.7 Å². The minimum absolute atomic E-state index is 0.250. The lowest BCUT2D eigenvalue weighted by Gasteiger charge is -2.09. The lowest BCUT2D eigenvalue weighted by atomic mass is 10.1. The number of unbranched alkanes of at least 4 members (excludes halogenated alkanes) is 3. The van der Waals surface area contributed by atoms with E-state index in [0.29, 0.717) is 17.9 Å². The molecule has 0 fully saturated rings. The van der Waals surface area contributed by atoms with Crippen LogP contribution in [0.25, 0.3) is 0 Å². The van der Waals surface area contributed by atoms with Crippen LogP contribution in [0.2, 0.25) is 0 Å². The number of hydrogen-bond acceptors (Lipinski definition) is 4. The Labute approximate surface area is 136 Å². The number of rotatable bonds is 8. The van der Waals surface area contributed by atoms with Gasteiger partial charge in [-0.15, -0.1) is 0 Å². The molecular formula is C17H23NO5. The number of ether oxygens (including phenoxy) is 1. The number of esters is 1. The Morgan fingerprint density at radius 3 is 2.52 bits per heavy atom. The van der Waals surface area contributed by atoms with Crippen molar-refractivity contribution in [2.45, 2.75) is 32.6 Å². The van der Waals surface area contributed by atoms with Crippen LogP contribution < -0.4 is 5.32 Å². The Hall–Kier alpha value is -2.63. The van der Waals surface area contributed by atoms with Crippen LogP contribution in [0, 0.1) is 0 Å². The van der Waals surface area contributed by atoms with Gasteiger partial charge in [0, 0.05) is 0 Å². The van der Waals surface area contributed by atoms with Crippen LogP contribution in [0.1, 0.15) is 43.0 Å². The Balaban J connectivity index is 0.00000149.